The molecule has 0 atom stereocenters. The van der Waals surface area contributed by atoms with E-state index in [2.05, 4.69) is 5.32 Å². The Labute approximate surface area is 147 Å². The lowest BCUT2D eigenvalue weighted by molar-refractivity contribution is -0.387. The number of rotatable bonds is 4. The van der Waals surface area contributed by atoms with Crippen LogP contribution in [0.15, 0.2) is 36.4 Å². The second-order valence-electron chi connectivity index (χ2n) is 5.67. The predicted molar refractivity (Wildman–Crippen MR) is 90.4 cm³/mol. The molecule has 1 amide bonds. The maximum Gasteiger partial charge on any atom is 0.306 e. The van der Waals surface area contributed by atoms with Crippen molar-refractivity contribution in [2.75, 3.05) is 36.5 Å². The summed E-state index contributed by atoms with van der Waals surface area (Å²) in [7, 11) is 0. The summed E-state index contributed by atoms with van der Waals surface area (Å²) in [6.45, 7) is 2.18. The first-order valence-electron chi connectivity index (χ1n) is 7.82. The third kappa shape index (κ3) is 3.94. The molecule has 2 aromatic rings. The molecular weight excluding hydrogens is 348 g/mol. The maximum atomic E-state index is 13.9. The summed E-state index contributed by atoms with van der Waals surface area (Å²) in [5.74, 6) is -2.24. The molecule has 1 aliphatic rings. The van der Waals surface area contributed by atoms with Gasteiger partial charge < -0.3 is 15.0 Å². The van der Waals surface area contributed by atoms with Gasteiger partial charge in [-0.1, -0.05) is 0 Å². The van der Waals surface area contributed by atoms with Crippen LogP contribution < -0.4 is 10.2 Å². The first kappa shape index (κ1) is 17.7. The van der Waals surface area contributed by atoms with Crippen LogP contribution in [0.1, 0.15) is 10.4 Å². The van der Waals surface area contributed by atoms with Crippen LogP contribution >= 0.6 is 0 Å². The van der Waals surface area contributed by atoms with Crippen LogP contribution in [0.2, 0.25) is 0 Å². The summed E-state index contributed by atoms with van der Waals surface area (Å²) in [4.78, 5) is 24.2. The number of carbonyl (C=O) groups is 1. The van der Waals surface area contributed by atoms with Crippen molar-refractivity contribution in [1.82, 2.24) is 0 Å². The van der Waals surface area contributed by atoms with Crippen LogP contribution in [0.3, 0.4) is 0 Å². The Morgan fingerprint density at radius 1 is 1.15 bits per heavy atom. The molecule has 1 heterocycles. The number of amides is 1. The van der Waals surface area contributed by atoms with E-state index in [1.807, 2.05) is 4.90 Å². The zero-order chi connectivity index (χ0) is 18.7. The number of hydrogen-bond donors (Lipinski definition) is 1. The van der Waals surface area contributed by atoms with Crippen LogP contribution in [0.5, 0.6) is 0 Å². The molecule has 7 nitrogen and oxygen atoms in total. The molecule has 136 valence electrons. The van der Waals surface area contributed by atoms with E-state index in [4.69, 9.17) is 4.74 Å². The molecule has 0 radical (unpaired) electrons. The summed E-state index contributed by atoms with van der Waals surface area (Å²) in [6.07, 6.45) is 0. The van der Waals surface area contributed by atoms with Gasteiger partial charge in [0.1, 0.15) is 5.82 Å². The van der Waals surface area contributed by atoms with Crippen LogP contribution in [0, 0.1) is 21.7 Å². The van der Waals surface area contributed by atoms with Gasteiger partial charge in [-0.05, 0) is 30.3 Å². The van der Waals surface area contributed by atoms with Crippen LogP contribution in [-0.4, -0.2) is 37.1 Å². The lowest BCUT2D eigenvalue weighted by atomic mass is 10.1. The molecular formula is C17H15F2N3O4. The highest BCUT2D eigenvalue weighted by Crippen LogP contribution is 2.24. The standard InChI is InChI=1S/C17H15F2N3O4/c18-12-7-11(8-14(9-12)21-3-5-26-6-4-21)17(23)20-13-1-2-15(19)16(10-13)22(24)25/h1-2,7-10H,3-6H2,(H,20,23). The van der Waals surface area contributed by atoms with Gasteiger partial charge in [0.15, 0.2) is 0 Å². The highest BCUT2D eigenvalue weighted by molar-refractivity contribution is 6.05. The van der Waals surface area contributed by atoms with Gasteiger partial charge in [0.05, 0.1) is 18.1 Å². The first-order valence-corrected chi connectivity index (χ1v) is 7.82. The molecule has 1 N–H and O–H groups in total. The smallest absolute Gasteiger partial charge is 0.306 e. The van der Waals surface area contributed by atoms with Crippen molar-refractivity contribution in [1.29, 1.82) is 0 Å². The SMILES string of the molecule is O=C(Nc1ccc(F)c([N+](=O)[O-])c1)c1cc(F)cc(N2CCOCC2)c1. The number of morpholine rings is 1. The van der Waals surface area contributed by atoms with Gasteiger partial charge in [-0.15, -0.1) is 0 Å². The van der Waals surface area contributed by atoms with Crippen molar-refractivity contribution in [3.05, 3.63) is 63.7 Å². The second kappa shape index (κ2) is 7.44. The van der Waals surface area contributed by atoms with Gasteiger partial charge in [-0.3, -0.25) is 14.9 Å². The zero-order valence-electron chi connectivity index (χ0n) is 13.6. The Morgan fingerprint density at radius 2 is 1.88 bits per heavy atom. The molecule has 0 unspecified atom stereocenters. The quantitative estimate of drug-likeness (QED) is 0.667. The molecule has 0 aliphatic carbocycles. The number of benzene rings is 2. The largest absolute Gasteiger partial charge is 0.378 e. The molecule has 9 heteroatoms. The Kier molecular flexibility index (Phi) is 5.08. The second-order valence-corrected chi connectivity index (χ2v) is 5.67. The average molecular weight is 363 g/mol. The Morgan fingerprint density at radius 3 is 2.58 bits per heavy atom. The molecule has 1 saturated heterocycles. The number of hydrogen-bond acceptors (Lipinski definition) is 5. The van der Waals surface area contributed by atoms with Gasteiger partial charge in [-0.25, -0.2) is 4.39 Å². The number of carbonyl (C=O) groups excluding carboxylic acids is 1. The van der Waals surface area contributed by atoms with Crippen molar-refractivity contribution in [3.8, 4) is 0 Å². The number of nitrogens with one attached hydrogen (secondary N) is 1. The molecule has 26 heavy (non-hydrogen) atoms. The number of ether oxygens (including phenoxy) is 1. The number of anilines is 2. The molecule has 0 aromatic heterocycles. The van der Waals surface area contributed by atoms with Crippen LogP contribution in [0.25, 0.3) is 0 Å². The number of nitrogens with zero attached hydrogens (tertiary/aromatic N) is 2. The Hall–Kier alpha value is -3.07. The Bertz CT molecular complexity index is 854. The number of nitro groups is 1. The molecule has 0 spiro atoms. The highest BCUT2D eigenvalue weighted by Gasteiger charge is 2.18. The van der Waals surface area contributed by atoms with E-state index in [1.165, 1.54) is 18.2 Å². The van der Waals surface area contributed by atoms with Gasteiger partial charge >= 0.3 is 5.69 Å². The third-order valence-corrected chi connectivity index (χ3v) is 3.92. The minimum absolute atomic E-state index is 0.0419. The van der Waals surface area contributed by atoms with E-state index in [0.717, 1.165) is 18.2 Å². The summed E-state index contributed by atoms with van der Waals surface area (Å²) in [6, 6.07) is 6.92. The van der Waals surface area contributed by atoms with Crippen molar-refractivity contribution in [3.63, 3.8) is 0 Å². The van der Waals surface area contributed by atoms with E-state index < -0.39 is 28.2 Å². The summed E-state index contributed by atoms with van der Waals surface area (Å²) >= 11 is 0. The normalized spacial score (nSPS) is 14.2. The molecule has 1 aliphatic heterocycles. The average Bonchev–Trinajstić information content (AvgIpc) is 2.63. The monoisotopic (exact) mass is 363 g/mol. The van der Waals surface area contributed by atoms with Gasteiger partial charge in [0, 0.05) is 36.1 Å². The van der Waals surface area contributed by atoms with E-state index in [-0.39, 0.29) is 11.3 Å². The molecule has 2 aromatic carbocycles. The lowest BCUT2D eigenvalue weighted by Gasteiger charge is -2.29. The Balaban J connectivity index is 1.82. The maximum absolute atomic E-state index is 13.9. The number of nitro benzene ring substituents is 1. The van der Waals surface area contributed by atoms with Crippen molar-refractivity contribution in [2.24, 2.45) is 0 Å². The van der Waals surface area contributed by atoms with Crippen LogP contribution in [-0.2, 0) is 4.74 Å². The summed E-state index contributed by atoms with van der Waals surface area (Å²) < 4.78 is 32.5. The number of halogens is 2. The van der Waals surface area contributed by atoms with Gasteiger partial charge in [0.25, 0.3) is 5.91 Å². The fourth-order valence-corrected chi connectivity index (χ4v) is 2.64. The van der Waals surface area contributed by atoms with Crippen molar-refractivity contribution in [2.45, 2.75) is 0 Å². The highest BCUT2D eigenvalue weighted by atomic mass is 19.1. The summed E-state index contributed by atoms with van der Waals surface area (Å²) in [5, 5.41) is 13.2. The molecule has 0 bridgehead atoms. The fourth-order valence-electron chi connectivity index (χ4n) is 2.64. The third-order valence-electron chi connectivity index (χ3n) is 3.92. The predicted octanol–water partition coefficient (Wildman–Crippen LogP) is 2.96. The minimum Gasteiger partial charge on any atom is -0.378 e. The minimum atomic E-state index is -1.01. The van der Waals surface area contributed by atoms with E-state index >= 15 is 0 Å². The van der Waals surface area contributed by atoms with E-state index in [0.29, 0.717) is 32.0 Å². The van der Waals surface area contributed by atoms with Crippen molar-refractivity contribution >= 4 is 23.0 Å². The lowest BCUT2D eigenvalue weighted by Crippen LogP contribution is -2.36. The van der Waals surface area contributed by atoms with Crippen molar-refractivity contribution < 1.29 is 23.2 Å². The first-order chi connectivity index (χ1) is 12.4. The van der Waals surface area contributed by atoms with E-state index in [1.54, 1.807) is 0 Å². The summed E-state index contributed by atoms with van der Waals surface area (Å²) in [5.41, 5.74) is -0.113. The van der Waals surface area contributed by atoms with E-state index in [9.17, 15) is 23.7 Å². The molecule has 3 rings (SSSR count). The fraction of sp³-hybridized carbons (Fsp3) is 0.235. The topological polar surface area (TPSA) is 84.7 Å². The molecule has 0 saturated carbocycles. The van der Waals surface area contributed by atoms with Gasteiger partial charge in [-0.2, -0.15) is 4.39 Å². The zero-order valence-corrected chi connectivity index (χ0v) is 13.6. The van der Waals surface area contributed by atoms with Gasteiger partial charge in [0.2, 0.25) is 5.82 Å². The van der Waals surface area contributed by atoms with Crippen LogP contribution in [0.4, 0.5) is 25.8 Å². The molecule has 1 fully saturated rings.